The lowest BCUT2D eigenvalue weighted by atomic mass is 10.3. The molecule has 1 aliphatic heterocycles. The molecule has 0 amide bonds. The van der Waals surface area contributed by atoms with Gasteiger partial charge in [0.1, 0.15) is 0 Å². The fourth-order valence-electron chi connectivity index (χ4n) is 1.85. The van der Waals surface area contributed by atoms with E-state index in [4.69, 9.17) is 15.0 Å². The molecule has 0 radical (unpaired) electrons. The molecule has 16 heavy (non-hydrogen) atoms. The highest BCUT2D eigenvalue weighted by Crippen LogP contribution is 2.11. The Hall–Kier alpha value is -0.980. The van der Waals surface area contributed by atoms with Crippen molar-refractivity contribution in [1.82, 2.24) is 15.0 Å². The number of hydrogen-bond acceptors (Lipinski definition) is 6. The minimum Gasteiger partial charge on any atom is -0.384 e. The van der Waals surface area contributed by atoms with Crippen LogP contribution in [0, 0.1) is 0 Å². The maximum absolute atomic E-state index is 5.82. The van der Waals surface area contributed by atoms with E-state index < -0.39 is 0 Å². The van der Waals surface area contributed by atoms with Crippen LogP contribution in [0.15, 0.2) is 4.52 Å². The fraction of sp³-hybridized carbons (Fsp3) is 0.800. The predicted octanol–water partition coefficient (Wildman–Crippen LogP) is -0.208. The molecule has 1 saturated heterocycles. The van der Waals surface area contributed by atoms with Gasteiger partial charge in [0, 0.05) is 32.7 Å². The minimum atomic E-state index is 0.288. The van der Waals surface area contributed by atoms with E-state index in [2.05, 4.69) is 15.0 Å². The molecule has 1 aliphatic rings. The second kappa shape index (κ2) is 5.38. The van der Waals surface area contributed by atoms with Gasteiger partial charge in [0.25, 0.3) is 0 Å². The molecule has 1 atom stereocenters. The summed E-state index contributed by atoms with van der Waals surface area (Å²) in [4.78, 5) is 6.53. The Kier molecular flexibility index (Phi) is 3.87. The summed E-state index contributed by atoms with van der Waals surface area (Å²) in [6, 6.07) is 0.288. The number of hydrogen-bond donors (Lipinski definition) is 1. The maximum atomic E-state index is 5.82. The third-order valence-electron chi connectivity index (χ3n) is 2.71. The first-order chi connectivity index (χ1) is 7.78. The Balaban J connectivity index is 1.83. The highest BCUT2D eigenvalue weighted by Gasteiger charge is 2.20. The van der Waals surface area contributed by atoms with E-state index in [1.54, 1.807) is 7.11 Å². The molecule has 6 heteroatoms. The molecule has 0 spiro atoms. The van der Waals surface area contributed by atoms with Gasteiger partial charge in [0.2, 0.25) is 5.89 Å². The molecule has 1 fully saturated rings. The molecular weight excluding hydrogens is 208 g/mol. The number of methoxy groups -OCH3 is 1. The summed E-state index contributed by atoms with van der Waals surface area (Å²) in [6.45, 7) is 3.24. The highest BCUT2D eigenvalue weighted by molar-refractivity contribution is 4.88. The molecule has 2 N–H and O–H groups in total. The van der Waals surface area contributed by atoms with Crippen LogP contribution in [0.2, 0.25) is 0 Å². The van der Waals surface area contributed by atoms with Gasteiger partial charge in [-0.05, 0) is 6.42 Å². The third kappa shape index (κ3) is 3.01. The van der Waals surface area contributed by atoms with Crippen LogP contribution in [0.4, 0.5) is 0 Å². The Morgan fingerprint density at radius 3 is 3.19 bits per heavy atom. The lowest BCUT2D eigenvalue weighted by molar-refractivity contribution is 0.199. The Morgan fingerprint density at radius 2 is 2.50 bits per heavy atom. The van der Waals surface area contributed by atoms with Crippen LogP contribution in [-0.4, -0.2) is 47.9 Å². The van der Waals surface area contributed by atoms with E-state index in [1.165, 1.54) is 0 Å². The van der Waals surface area contributed by atoms with Crippen molar-refractivity contribution in [3.05, 3.63) is 11.7 Å². The van der Waals surface area contributed by atoms with E-state index in [9.17, 15) is 0 Å². The van der Waals surface area contributed by atoms with Crippen LogP contribution in [0.5, 0.6) is 0 Å². The van der Waals surface area contributed by atoms with Crippen LogP contribution < -0.4 is 5.73 Å². The molecule has 0 aromatic carbocycles. The van der Waals surface area contributed by atoms with Gasteiger partial charge in [-0.1, -0.05) is 5.16 Å². The summed E-state index contributed by atoms with van der Waals surface area (Å²) in [5, 5.41) is 3.89. The smallest absolute Gasteiger partial charge is 0.240 e. The number of rotatable bonds is 5. The number of nitrogens with two attached hydrogens (primary N) is 1. The zero-order chi connectivity index (χ0) is 11.4. The van der Waals surface area contributed by atoms with Crippen LogP contribution >= 0.6 is 0 Å². The summed E-state index contributed by atoms with van der Waals surface area (Å²) >= 11 is 0. The molecule has 2 rings (SSSR count). The first kappa shape index (κ1) is 11.5. The number of likely N-dealkylation sites (tertiary alicyclic amines) is 1. The summed E-state index contributed by atoms with van der Waals surface area (Å²) in [5.41, 5.74) is 5.82. The van der Waals surface area contributed by atoms with E-state index in [0.717, 1.165) is 19.5 Å². The van der Waals surface area contributed by atoms with Crippen LogP contribution in [0.25, 0.3) is 0 Å². The highest BCUT2D eigenvalue weighted by atomic mass is 16.5. The lowest BCUT2D eigenvalue weighted by Crippen LogP contribution is -2.26. The SMILES string of the molecule is COCCc1noc(CN2CCC(N)C2)n1. The number of nitrogens with zero attached hydrogens (tertiary/aromatic N) is 3. The molecule has 90 valence electrons. The summed E-state index contributed by atoms with van der Waals surface area (Å²) in [6.07, 6.45) is 1.74. The maximum Gasteiger partial charge on any atom is 0.240 e. The van der Waals surface area contributed by atoms with Crippen molar-refractivity contribution < 1.29 is 9.26 Å². The van der Waals surface area contributed by atoms with Gasteiger partial charge in [-0.25, -0.2) is 0 Å². The Bertz CT molecular complexity index is 328. The molecule has 1 aromatic rings. The van der Waals surface area contributed by atoms with E-state index >= 15 is 0 Å². The minimum absolute atomic E-state index is 0.288. The van der Waals surface area contributed by atoms with E-state index in [1.807, 2.05) is 0 Å². The van der Waals surface area contributed by atoms with Crippen LogP contribution in [-0.2, 0) is 17.7 Å². The normalized spacial score (nSPS) is 21.8. The largest absolute Gasteiger partial charge is 0.384 e. The molecular formula is C10H18N4O2. The molecule has 0 bridgehead atoms. The van der Waals surface area contributed by atoms with Gasteiger partial charge in [0.05, 0.1) is 13.2 Å². The standard InChI is InChI=1S/C10H18N4O2/c1-15-5-3-9-12-10(16-13-9)7-14-4-2-8(11)6-14/h8H,2-7,11H2,1H3. The van der Waals surface area contributed by atoms with Crippen molar-refractivity contribution in [3.8, 4) is 0 Å². The van der Waals surface area contributed by atoms with Crippen molar-refractivity contribution in [2.24, 2.45) is 5.73 Å². The summed E-state index contributed by atoms with van der Waals surface area (Å²) in [7, 11) is 1.66. The van der Waals surface area contributed by atoms with Gasteiger partial charge in [0.15, 0.2) is 5.82 Å². The van der Waals surface area contributed by atoms with Crippen molar-refractivity contribution in [2.75, 3.05) is 26.8 Å². The van der Waals surface area contributed by atoms with Crippen molar-refractivity contribution in [1.29, 1.82) is 0 Å². The molecule has 1 unspecified atom stereocenters. The zero-order valence-corrected chi connectivity index (χ0v) is 9.56. The average molecular weight is 226 g/mol. The number of aromatic nitrogens is 2. The molecule has 0 aliphatic carbocycles. The third-order valence-corrected chi connectivity index (χ3v) is 2.71. The summed E-state index contributed by atoms with van der Waals surface area (Å²) in [5.74, 6) is 1.38. The topological polar surface area (TPSA) is 77.4 Å². The molecule has 6 nitrogen and oxygen atoms in total. The monoisotopic (exact) mass is 226 g/mol. The second-order valence-electron chi connectivity index (χ2n) is 4.13. The van der Waals surface area contributed by atoms with Gasteiger partial charge in [-0.15, -0.1) is 0 Å². The van der Waals surface area contributed by atoms with Gasteiger partial charge in [-0.2, -0.15) is 4.98 Å². The average Bonchev–Trinajstić information content (AvgIpc) is 2.86. The molecule has 1 aromatic heterocycles. The van der Waals surface area contributed by atoms with E-state index in [-0.39, 0.29) is 6.04 Å². The van der Waals surface area contributed by atoms with E-state index in [0.29, 0.717) is 31.3 Å². The van der Waals surface area contributed by atoms with Crippen LogP contribution in [0.1, 0.15) is 18.1 Å². The van der Waals surface area contributed by atoms with Gasteiger partial charge >= 0.3 is 0 Å². The molecule has 0 saturated carbocycles. The van der Waals surface area contributed by atoms with Crippen molar-refractivity contribution in [2.45, 2.75) is 25.4 Å². The first-order valence-corrected chi connectivity index (χ1v) is 5.56. The predicted molar refractivity (Wildman–Crippen MR) is 57.7 cm³/mol. The first-order valence-electron chi connectivity index (χ1n) is 5.56. The van der Waals surface area contributed by atoms with Crippen molar-refractivity contribution in [3.63, 3.8) is 0 Å². The molecule has 2 heterocycles. The summed E-state index contributed by atoms with van der Waals surface area (Å²) < 4.78 is 10.1. The van der Waals surface area contributed by atoms with Crippen LogP contribution in [0.3, 0.4) is 0 Å². The zero-order valence-electron chi connectivity index (χ0n) is 9.56. The van der Waals surface area contributed by atoms with Gasteiger partial charge < -0.3 is 15.0 Å². The second-order valence-corrected chi connectivity index (χ2v) is 4.13. The Morgan fingerprint density at radius 1 is 1.62 bits per heavy atom. The lowest BCUT2D eigenvalue weighted by Gasteiger charge is -2.10. The Labute approximate surface area is 94.7 Å². The van der Waals surface area contributed by atoms with Crippen molar-refractivity contribution >= 4 is 0 Å². The quantitative estimate of drug-likeness (QED) is 0.748. The van der Waals surface area contributed by atoms with Gasteiger partial charge in [-0.3, -0.25) is 4.90 Å². The fourth-order valence-corrected chi connectivity index (χ4v) is 1.85. The number of ether oxygens (including phenoxy) is 1.